The number of aryl methyl sites for hydroxylation is 1. The topological polar surface area (TPSA) is 89.6 Å². The summed E-state index contributed by atoms with van der Waals surface area (Å²) in [5.74, 6) is -0.368. The molecule has 0 saturated heterocycles. The van der Waals surface area contributed by atoms with Crippen LogP contribution < -0.4 is 15.4 Å². The van der Waals surface area contributed by atoms with E-state index in [1.54, 1.807) is 43.3 Å². The number of nitrogens with one attached hydrogen (secondary N) is 2. The molecule has 0 saturated carbocycles. The summed E-state index contributed by atoms with van der Waals surface area (Å²) in [4.78, 5) is 29.1. The van der Waals surface area contributed by atoms with Gasteiger partial charge in [0.25, 0.3) is 0 Å². The number of hydrogen-bond acceptors (Lipinski definition) is 5. The highest BCUT2D eigenvalue weighted by Gasteiger charge is 2.13. The normalized spacial score (nSPS) is 10.6. The maximum Gasteiger partial charge on any atom is 0.344 e. The number of anilines is 1. The van der Waals surface area contributed by atoms with Crippen LogP contribution >= 0.6 is 0 Å². The number of pyridine rings is 1. The lowest BCUT2D eigenvalue weighted by Crippen LogP contribution is -2.28. The Kier molecular flexibility index (Phi) is 7.75. The van der Waals surface area contributed by atoms with Gasteiger partial charge in [0.2, 0.25) is 0 Å². The Morgan fingerprint density at radius 3 is 2.44 bits per heavy atom. The molecule has 2 N–H and O–H groups in total. The lowest BCUT2D eigenvalue weighted by molar-refractivity contribution is -0.145. The molecule has 2 amide bonds. The largest absolute Gasteiger partial charge is 0.481 e. The first-order valence-electron chi connectivity index (χ1n) is 11.5. The van der Waals surface area contributed by atoms with E-state index in [1.807, 2.05) is 31.2 Å². The molecular formula is C28H26FN3O4. The molecule has 0 aliphatic heterocycles. The number of ether oxygens (including phenoxy) is 2. The molecule has 0 fully saturated rings. The minimum atomic E-state index is -0.478. The lowest BCUT2D eigenvalue weighted by atomic mass is 10.1. The standard InChI is InChI=1S/C28H26FN3O4/c1-3-35-27(33)17-36-26-15-25(20-8-4-18(2)5-9-20)32-24-13-12-22(14-23(24)26)31-28(34)30-16-19-6-10-21(29)11-7-19/h4-15H,3,16-17H2,1-2H3,(H2,30,31,34). The molecule has 36 heavy (non-hydrogen) atoms. The van der Waals surface area contributed by atoms with Crippen LogP contribution in [0.15, 0.2) is 72.8 Å². The summed E-state index contributed by atoms with van der Waals surface area (Å²) in [6.07, 6.45) is 0. The van der Waals surface area contributed by atoms with E-state index in [0.29, 0.717) is 28.0 Å². The fourth-order valence-electron chi connectivity index (χ4n) is 3.56. The molecule has 0 radical (unpaired) electrons. The van der Waals surface area contributed by atoms with Gasteiger partial charge in [-0.3, -0.25) is 0 Å². The highest BCUT2D eigenvalue weighted by molar-refractivity contribution is 5.95. The molecule has 184 valence electrons. The number of esters is 1. The minimum absolute atomic E-state index is 0.245. The zero-order valence-corrected chi connectivity index (χ0v) is 20.0. The highest BCUT2D eigenvalue weighted by atomic mass is 19.1. The molecule has 0 aliphatic carbocycles. The van der Waals surface area contributed by atoms with Crippen molar-refractivity contribution in [3.8, 4) is 17.0 Å². The van der Waals surface area contributed by atoms with E-state index in [1.165, 1.54) is 12.1 Å². The number of aromatic nitrogens is 1. The number of carbonyl (C=O) groups is 2. The number of fused-ring (bicyclic) bond motifs is 1. The van der Waals surface area contributed by atoms with Crippen molar-refractivity contribution in [3.63, 3.8) is 0 Å². The van der Waals surface area contributed by atoms with E-state index >= 15 is 0 Å². The van der Waals surface area contributed by atoms with E-state index in [4.69, 9.17) is 14.5 Å². The number of amides is 2. The van der Waals surface area contributed by atoms with Crippen LogP contribution in [0.5, 0.6) is 5.75 Å². The Morgan fingerprint density at radius 2 is 1.72 bits per heavy atom. The maximum atomic E-state index is 13.1. The van der Waals surface area contributed by atoms with Gasteiger partial charge < -0.3 is 20.1 Å². The van der Waals surface area contributed by atoms with Gasteiger partial charge in [0.05, 0.1) is 17.8 Å². The molecule has 0 unspecified atom stereocenters. The van der Waals surface area contributed by atoms with Gasteiger partial charge in [-0.05, 0) is 49.7 Å². The molecular weight excluding hydrogens is 461 g/mol. The van der Waals surface area contributed by atoms with E-state index < -0.39 is 12.0 Å². The Hall–Kier alpha value is -4.46. The van der Waals surface area contributed by atoms with Crippen LogP contribution in [-0.4, -0.2) is 30.2 Å². The zero-order valence-electron chi connectivity index (χ0n) is 20.0. The van der Waals surface area contributed by atoms with Crippen molar-refractivity contribution in [1.29, 1.82) is 0 Å². The molecule has 4 rings (SSSR count). The monoisotopic (exact) mass is 487 g/mol. The van der Waals surface area contributed by atoms with Crippen molar-refractivity contribution in [2.24, 2.45) is 0 Å². The number of carbonyl (C=O) groups excluding carboxylic acids is 2. The lowest BCUT2D eigenvalue weighted by Gasteiger charge is -2.13. The Morgan fingerprint density at radius 1 is 0.972 bits per heavy atom. The van der Waals surface area contributed by atoms with Crippen LogP contribution in [0.2, 0.25) is 0 Å². The van der Waals surface area contributed by atoms with Crippen LogP contribution in [0.3, 0.4) is 0 Å². The molecule has 0 bridgehead atoms. The highest BCUT2D eigenvalue weighted by Crippen LogP contribution is 2.32. The predicted molar refractivity (Wildman–Crippen MR) is 136 cm³/mol. The van der Waals surface area contributed by atoms with Gasteiger partial charge in [-0.25, -0.2) is 19.0 Å². The zero-order chi connectivity index (χ0) is 25.5. The van der Waals surface area contributed by atoms with Gasteiger partial charge in [0.1, 0.15) is 11.6 Å². The first-order chi connectivity index (χ1) is 17.4. The second kappa shape index (κ2) is 11.3. The van der Waals surface area contributed by atoms with Crippen LogP contribution in [0.4, 0.5) is 14.9 Å². The van der Waals surface area contributed by atoms with Gasteiger partial charge in [-0.15, -0.1) is 0 Å². The average Bonchev–Trinajstić information content (AvgIpc) is 2.87. The van der Waals surface area contributed by atoms with Gasteiger partial charge in [-0.2, -0.15) is 0 Å². The summed E-state index contributed by atoms with van der Waals surface area (Å²) in [7, 11) is 0. The summed E-state index contributed by atoms with van der Waals surface area (Å²) < 4.78 is 23.9. The van der Waals surface area contributed by atoms with Crippen molar-refractivity contribution in [3.05, 3.63) is 89.7 Å². The van der Waals surface area contributed by atoms with E-state index in [9.17, 15) is 14.0 Å². The molecule has 1 aromatic heterocycles. The first-order valence-corrected chi connectivity index (χ1v) is 11.5. The van der Waals surface area contributed by atoms with Crippen LogP contribution in [0.1, 0.15) is 18.1 Å². The molecule has 0 atom stereocenters. The van der Waals surface area contributed by atoms with E-state index in [-0.39, 0.29) is 25.6 Å². The van der Waals surface area contributed by atoms with Gasteiger partial charge in [0, 0.05) is 29.2 Å². The molecule has 0 aliphatic rings. The SMILES string of the molecule is CCOC(=O)COc1cc(-c2ccc(C)cc2)nc2ccc(NC(=O)NCc3ccc(F)cc3)cc12. The van der Waals surface area contributed by atoms with Crippen molar-refractivity contribution in [2.75, 3.05) is 18.5 Å². The molecule has 4 aromatic rings. The van der Waals surface area contributed by atoms with E-state index in [0.717, 1.165) is 16.7 Å². The fraction of sp³-hybridized carbons (Fsp3) is 0.179. The summed E-state index contributed by atoms with van der Waals surface area (Å²) >= 11 is 0. The summed E-state index contributed by atoms with van der Waals surface area (Å²) in [6, 6.07) is 20.4. The van der Waals surface area contributed by atoms with E-state index in [2.05, 4.69) is 10.6 Å². The average molecular weight is 488 g/mol. The van der Waals surface area contributed by atoms with Crippen LogP contribution in [-0.2, 0) is 16.1 Å². The fourth-order valence-corrected chi connectivity index (χ4v) is 3.56. The van der Waals surface area contributed by atoms with Crippen LogP contribution in [0, 0.1) is 12.7 Å². The Bertz CT molecular complexity index is 1370. The third kappa shape index (κ3) is 6.35. The third-order valence-corrected chi connectivity index (χ3v) is 5.39. The van der Waals surface area contributed by atoms with Gasteiger partial charge >= 0.3 is 12.0 Å². The molecule has 7 nitrogen and oxygen atoms in total. The molecule has 3 aromatic carbocycles. The second-order valence-electron chi connectivity index (χ2n) is 8.13. The number of nitrogens with zero attached hydrogens (tertiary/aromatic N) is 1. The number of hydrogen-bond donors (Lipinski definition) is 2. The number of urea groups is 1. The second-order valence-corrected chi connectivity index (χ2v) is 8.13. The van der Waals surface area contributed by atoms with Crippen molar-refractivity contribution in [1.82, 2.24) is 10.3 Å². The van der Waals surface area contributed by atoms with Crippen molar-refractivity contribution < 1.29 is 23.5 Å². The smallest absolute Gasteiger partial charge is 0.344 e. The number of rotatable bonds is 8. The summed E-state index contributed by atoms with van der Waals surface area (Å²) in [5.41, 5.74) is 4.67. The third-order valence-electron chi connectivity index (χ3n) is 5.39. The van der Waals surface area contributed by atoms with Gasteiger partial charge in [0.15, 0.2) is 6.61 Å². The molecule has 8 heteroatoms. The Labute approximate surface area is 208 Å². The summed E-state index contributed by atoms with van der Waals surface area (Å²) in [5, 5.41) is 6.15. The minimum Gasteiger partial charge on any atom is -0.481 e. The predicted octanol–water partition coefficient (Wildman–Crippen LogP) is 5.61. The van der Waals surface area contributed by atoms with Crippen LogP contribution in [0.25, 0.3) is 22.2 Å². The maximum absolute atomic E-state index is 13.1. The molecule has 1 heterocycles. The number of halogens is 1. The van der Waals surface area contributed by atoms with Crippen molar-refractivity contribution in [2.45, 2.75) is 20.4 Å². The Balaban J connectivity index is 1.57. The first kappa shape index (κ1) is 24.7. The summed E-state index contributed by atoms with van der Waals surface area (Å²) in [6.45, 7) is 3.99. The van der Waals surface area contributed by atoms with Gasteiger partial charge in [-0.1, -0.05) is 42.0 Å². The molecule has 0 spiro atoms. The quantitative estimate of drug-likeness (QED) is 0.315. The number of benzene rings is 3. The van der Waals surface area contributed by atoms with Crippen molar-refractivity contribution >= 4 is 28.6 Å².